The number of halogens is 1. The normalized spacial score (nSPS) is 15.8. The molecule has 0 fully saturated rings. The topological polar surface area (TPSA) is 92.7 Å². The lowest BCUT2D eigenvalue weighted by atomic mass is 9.98. The van der Waals surface area contributed by atoms with Crippen LogP contribution < -0.4 is 19.5 Å². The van der Waals surface area contributed by atoms with Crippen LogP contribution >= 0.6 is 0 Å². The van der Waals surface area contributed by atoms with Crippen LogP contribution in [0.5, 0.6) is 17.2 Å². The summed E-state index contributed by atoms with van der Waals surface area (Å²) in [4.78, 5) is 27.5. The molecule has 37 heavy (non-hydrogen) atoms. The van der Waals surface area contributed by atoms with Crippen LogP contribution in [0.4, 0.5) is 14.9 Å². The predicted octanol–water partition coefficient (Wildman–Crippen LogP) is 4.40. The number of hydrazone groups is 1. The third kappa shape index (κ3) is 5.04. The number of methoxy groups -OCH3 is 1. The van der Waals surface area contributed by atoms with Crippen molar-refractivity contribution in [2.75, 3.05) is 32.8 Å². The second-order valence-electron chi connectivity index (χ2n) is 8.61. The van der Waals surface area contributed by atoms with E-state index in [-0.39, 0.29) is 25.1 Å². The first-order valence-electron chi connectivity index (χ1n) is 11.6. The zero-order valence-electron chi connectivity index (χ0n) is 20.3. The highest BCUT2D eigenvalue weighted by atomic mass is 19.1. The lowest BCUT2D eigenvalue weighted by Crippen LogP contribution is -2.41. The van der Waals surface area contributed by atoms with Crippen molar-refractivity contribution in [3.8, 4) is 17.2 Å². The largest absolute Gasteiger partial charge is 0.495 e. The Balaban J connectivity index is 1.37. The maximum absolute atomic E-state index is 13.5. The standard InChI is InChI=1S/C27H25FN4O5/c1-31(27(34)29-20-5-3-4-6-23(20)35-2)15-26(33)32-22(18-9-12-24-25(13-18)37-16-36-24)14-21(30-32)17-7-10-19(28)11-8-17/h3-13,22H,14-16H2,1-2H3,(H,29,34). The number of amides is 3. The minimum Gasteiger partial charge on any atom is -0.495 e. The predicted molar refractivity (Wildman–Crippen MR) is 134 cm³/mol. The van der Waals surface area contributed by atoms with E-state index >= 15 is 0 Å². The molecule has 10 heteroatoms. The number of likely N-dealkylation sites (N-methyl/N-ethyl adjacent to an activating group) is 1. The molecule has 3 aromatic rings. The summed E-state index contributed by atoms with van der Waals surface area (Å²) >= 11 is 0. The molecule has 0 radical (unpaired) electrons. The summed E-state index contributed by atoms with van der Waals surface area (Å²) in [6, 6.07) is 17.6. The van der Waals surface area contributed by atoms with Crippen molar-refractivity contribution in [1.82, 2.24) is 9.91 Å². The lowest BCUT2D eigenvalue weighted by Gasteiger charge is -2.25. The van der Waals surface area contributed by atoms with Crippen LogP contribution in [0.25, 0.3) is 0 Å². The number of nitrogens with zero attached hydrogens (tertiary/aromatic N) is 3. The number of fused-ring (bicyclic) bond motifs is 1. The van der Waals surface area contributed by atoms with Crippen LogP contribution in [0.2, 0.25) is 0 Å². The van der Waals surface area contributed by atoms with E-state index in [1.165, 1.54) is 36.2 Å². The molecule has 190 valence electrons. The number of anilines is 1. The Morgan fingerprint density at radius 1 is 1.11 bits per heavy atom. The smallest absolute Gasteiger partial charge is 0.322 e. The highest BCUT2D eigenvalue weighted by Gasteiger charge is 2.35. The van der Waals surface area contributed by atoms with Gasteiger partial charge in [-0.15, -0.1) is 0 Å². The number of carbonyl (C=O) groups is 2. The Morgan fingerprint density at radius 2 is 1.86 bits per heavy atom. The molecule has 3 amide bonds. The molecular weight excluding hydrogens is 479 g/mol. The van der Waals surface area contributed by atoms with Crippen molar-refractivity contribution >= 4 is 23.3 Å². The molecule has 2 aliphatic heterocycles. The Hall–Kier alpha value is -4.60. The Labute approximate surface area is 213 Å². The number of benzene rings is 3. The van der Waals surface area contributed by atoms with Gasteiger partial charge in [0.2, 0.25) is 6.79 Å². The molecule has 3 aromatic carbocycles. The molecule has 1 unspecified atom stereocenters. The van der Waals surface area contributed by atoms with Crippen molar-refractivity contribution in [2.24, 2.45) is 5.10 Å². The SMILES string of the molecule is COc1ccccc1NC(=O)N(C)CC(=O)N1N=C(c2ccc(F)cc2)CC1c1ccc2c(c1)OCO2. The van der Waals surface area contributed by atoms with Gasteiger partial charge < -0.3 is 24.4 Å². The van der Waals surface area contributed by atoms with Crippen LogP contribution in [0.3, 0.4) is 0 Å². The van der Waals surface area contributed by atoms with E-state index < -0.39 is 12.1 Å². The summed E-state index contributed by atoms with van der Waals surface area (Å²) in [6.07, 6.45) is 0.411. The van der Waals surface area contributed by atoms with Gasteiger partial charge in [0.25, 0.3) is 5.91 Å². The molecule has 9 nitrogen and oxygen atoms in total. The fourth-order valence-electron chi connectivity index (χ4n) is 4.24. The fourth-order valence-corrected chi connectivity index (χ4v) is 4.24. The first-order chi connectivity index (χ1) is 17.9. The van der Waals surface area contributed by atoms with Crippen molar-refractivity contribution < 1.29 is 28.2 Å². The molecule has 0 bridgehead atoms. The van der Waals surface area contributed by atoms with Crippen molar-refractivity contribution in [3.63, 3.8) is 0 Å². The Morgan fingerprint density at radius 3 is 2.65 bits per heavy atom. The number of ether oxygens (including phenoxy) is 3. The maximum Gasteiger partial charge on any atom is 0.322 e. The maximum atomic E-state index is 13.5. The van der Waals surface area contributed by atoms with Crippen LogP contribution in [0.1, 0.15) is 23.6 Å². The zero-order chi connectivity index (χ0) is 25.9. The van der Waals surface area contributed by atoms with Gasteiger partial charge in [0.05, 0.1) is 24.6 Å². The number of carbonyl (C=O) groups excluding carboxylic acids is 2. The molecule has 2 heterocycles. The molecule has 1 N–H and O–H groups in total. The van der Waals surface area contributed by atoms with Gasteiger partial charge in [-0.3, -0.25) is 4.79 Å². The van der Waals surface area contributed by atoms with Crippen LogP contribution in [0, 0.1) is 5.82 Å². The molecule has 0 saturated heterocycles. The third-order valence-corrected chi connectivity index (χ3v) is 6.19. The minimum absolute atomic E-state index is 0.134. The van der Waals surface area contributed by atoms with Crippen molar-refractivity contribution in [2.45, 2.75) is 12.5 Å². The van der Waals surface area contributed by atoms with E-state index in [2.05, 4.69) is 10.4 Å². The molecule has 0 saturated carbocycles. The lowest BCUT2D eigenvalue weighted by molar-refractivity contribution is -0.133. The first kappa shape index (κ1) is 24.1. The summed E-state index contributed by atoms with van der Waals surface area (Å²) in [5.41, 5.74) is 2.65. The van der Waals surface area contributed by atoms with Gasteiger partial charge in [0.1, 0.15) is 18.1 Å². The first-order valence-corrected chi connectivity index (χ1v) is 11.6. The Bertz CT molecular complexity index is 1360. The summed E-state index contributed by atoms with van der Waals surface area (Å²) in [7, 11) is 3.04. The van der Waals surface area contributed by atoms with Gasteiger partial charge in [-0.1, -0.05) is 30.3 Å². The molecule has 0 spiro atoms. The number of rotatable bonds is 6. The van der Waals surface area contributed by atoms with E-state index in [1.807, 2.05) is 12.1 Å². The average molecular weight is 505 g/mol. The highest BCUT2D eigenvalue weighted by Crippen LogP contribution is 2.39. The van der Waals surface area contributed by atoms with E-state index in [0.717, 1.165) is 5.56 Å². The summed E-state index contributed by atoms with van der Waals surface area (Å²) in [5, 5.41) is 8.73. The van der Waals surface area contributed by atoms with E-state index in [4.69, 9.17) is 14.2 Å². The second-order valence-corrected chi connectivity index (χ2v) is 8.61. The third-order valence-electron chi connectivity index (χ3n) is 6.19. The molecule has 5 rings (SSSR count). The average Bonchev–Trinajstić information content (AvgIpc) is 3.56. The van der Waals surface area contributed by atoms with E-state index in [9.17, 15) is 14.0 Å². The molecular formula is C27H25FN4O5. The highest BCUT2D eigenvalue weighted by molar-refractivity contribution is 6.03. The van der Waals surface area contributed by atoms with Gasteiger partial charge in [-0.2, -0.15) is 5.10 Å². The Kier molecular flexibility index (Phi) is 6.63. The molecule has 2 aliphatic rings. The number of hydrogen-bond donors (Lipinski definition) is 1. The zero-order valence-corrected chi connectivity index (χ0v) is 20.3. The van der Waals surface area contributed by atoms with Gasteiger partial charge >= 0.3 is 6.03 Å². The monoisotopic (exact) mass is 504 g/mol. The summed E-state index contributed by atoms with van der Waals surface area (Å²) < 4.78 is 29.7. The number of para-hydroxylation sites is 2. The van der Waals surface area contributed by atoms with Crippen molar-refractivity contribution in [3.05, 3.63) is 83.7 Å². The van der Waals surface area contributed by atoms with E-state index in [1.54, 1.807) is 42.5 Å². The quantitative estimate of drug-likeness (QED) is 0.537. The van der Waals surface area contributed by atoms with Gasteiger partial charge in [0.15, 0.2) is 11.5 Å². The fraction of sp³-hybridized carbons (Fsp3) is 0.222. The van der Waals surface area contributed by atoms with Gasteiger partial charge in [0, 0.05) is 13.5 Å². The number of nitrogens with one attached hydrogen (secondary N) is 1. The van der Waals surface area contributed by atoms with Crippen LogP contribution in [-0.4, -0.2) is 55.1 Å². The van der Waals surface area contributed by atoms with Gasteiger partial charge in [-0.25, -0.2) is 14.2 Å². The van der Waals surface area contributed by atoms with Gasteiger partial charge in [-0.05, 0) is 47.5 Å². The second kappa shape index (κ2) is 10.2. The number of urea groups is 1. The molecule has 0 aromatic heterocycles. The molecule has 1 atom stereocenters. The van der Waals surface area contributed by atoms with Crippen LogP contribution in [-0.2, 0) is 4.79 Å². The minimum atomic E-state index is -0.473. The number of hydrogen-bond acceptors (Lipinski definition) is 6. The van der Waals surface area contributed by atoms with E-state index in [0.29, 0.717) is 40.6 Å². The van der Waals surface area contributed by atoms with Crippen molar-refractivity contribution in [1.29, 1.82) is 0 Å². The van der Waals surface area contributed by atoms with Crippen LogP contribution in [0.15, 0.2) is 71.8 Å². The molecule has 0 aliphatic carbocycles. The summed E-state index contributed by atoms with van der Waals surface area (Å²) in [5.74, 6) is 0.995. The summed E-state index contributed by atoms with van der Waals surface area (Å²) in [6.45, 7) is -0.0855.